The van der Waals surface area contributed by atoms with Gasteiger partial charge in [0.25, 0.3) is 0 Å². The molecule has 0 N–H and O–H groups in total. The number of hydrogen-bond donors (Lipinski definition) is 0. The Morgan fingerprint density at radius 1 is 1.00 bits per heavy atom. The van der Waals surface area contributed by atoms with Crippen LogP contribution < -0.4 is 4.74 Å². The van der Waals surface area contributed by atoms with E-state index in [2.05, 4.69) is 5.10 Å². The van der Waals surface area contributed by atoms with E-state index < -0.39 is 11.7 Å². The molecule has 0 bridgehead atoms. The molecule has 1 heterocycles. The molecule has 3 nitrogen and oxygen atoms in total. The summed E-state index contributed by atoms with van der Waals surface area (Å²) < 4.78 is 45.3. The van der Waals surface area contributed by atoms with Gasteiger partial charge in [-0.25, -0.2) is 4.68 Å². The number of benzene rings is 2. The van der Waals surface area contributed by atoms with Crippen molar-refractivity contribution in [1.82, 2.24) is 9.78 Å². The molecule has 0 aliphatic carbocycles. The van der Waals surface area contributed by atoms with E-state index in [4.69, 9.17) is 4.74 Å². The van der Waals surface area contributed by atoms with Crippen LogP contribution in [-0.2, 0) is 6.18 Å². The molecule has 0 spiro atoms. The lowest BCUT2D eigenvalue weighted by Crippen LogP contribution is -2.06. The van der Waals surface area contributed by atoms with Crippen molar-refractivity contribution in [3.05, 3.63) is 72.1 Å². The lowest BCUT2D eigenvalue weighted by Gasteiger charge is -2.08. The summed E-state index contributed by atoms with van der Waals surface area (Å²) in [6.07, 6.45) is -1.38. The zero-order valence-corrected chi connectivity index (χ0v) is 12.2. The Balaban J connectivity index is 1.85. The number of rotatable bonds is 3. The van der Waals surface area contributed by atoms with Crippen molar-refractivity contribution in [3.8, 4) is 17.2 Å². The Bertz CT molecular complexity index is 824. The van der Waals surface area contributed by atoms with Crippen molar-refractivity contribution in [2.75, 3.05) is 0 Å². The molecule has 1 aromatic heterocycles. The maximum Gasteiger partial charge on any atom is 0.416 e. The third-order valence-corrected chi connectivity index (χ3v) is 3.22. The average Bonchev–Trinajstić information content (AvgIpc) is 2.95. The Kier molecular flexibility index (Phi) is 3.82. The van der Waals surface area contributed by atoms with E-state index in [1.54, 1.807) is 12.1 Å². The number of halogens is 3. The fourth-order valence-corrected chi connectivity index (χ4v) is 2.14. The van der Waals surface area contributed by atoms with Gasteiger partial charge in [0.15, 0.2) is 5.75 Å². The van der Waals surface area contributed by atoms with Gasteiger partial charge in [-0.1, -0.05) is 18.2 Å². The van der Waals surface area contributed by atoms with Crippen LogP contribution in [0.2, 0.25) is 0 Å². The van der Waals surface area contributed by atoms with E-state index in [0.717, 1.165) is 17.7 Å². The van der Waals surface area contributed by atoms with Crippen molar-refractivity contribution in [2.24, 2.45) is 0 Å². The summed E-state index contributed by atoms with van der Waals surface area (Å²) in [5.41, 5.74) is 0.651. The van der Waals surface area contributed by atoms with Gasteiger partial charge in [0.2, 0.25) is 0 Å². The molecule has 0 amide bonds. The van der Waals surface area contributed by atoms with E-state index in [9.17, 15) is 13.2 Å². The van der Waals surface area contributed by atoms with E-state index in [1.165, 1.54) is 23.1 Å². The Labute approximate surface area is 130 Å². The van der Waals surface area contributed by atoms with Crippen LogP contribution in [0.15, 0.2) is 60.9 Å². The van der Waals surface area contributed by atoms with Crippen molar-refractivity contribution >= 4 is 0 Å². The topological polar surface area (TPSA) is 27.1 Å². The molecule has 0 radical (unpaired) electrons. The molecule has 6 heteroatoms. The normalized spacial score (nSPS) is 11.5. The molecule has 0 saturated carbocycles. The lowest BCUT2D eigenvalue weighted by molar-refractivity contribution is -0.137. The van der Waals surface area contributed by atoms with Gasteiger partial charge in [0.05, 0.1) is 23.6 Å². The zero-order chi connectivity index (χ0) is 16.4. The molecule has 0 fully saturated rings. The van der Waals surface area contributed by atoms with Gasteiger partial charge >= 0.3 is 6.18 Å². The van der Waals surface area contributed by atoms with Crippen LogP contribution in [0.5, 0.6) is 11.5 Å². The number of ether oxygens (including phenoxy) is 1. The second-order valence-corrected chi connectivity index (χ2v) is 5.09. The maximum atomic E-state index is 12.8. The summed E-state index contributed by atoms with van der Waals surface area (Å²) in [6.45, 7) is 1.94. The predicted molar refractivity (Wildman–Crippen MR) is 79.8 cm³/mol. The molecule has 0 aliphatic heterocycles. The summed E-state index contributed by atoms with van der Waals surface area (Å²) >= 11 is 0. The molecule has 23 heavy (non-hydrogen) atoms. The fraction of sp³-hybridized carbons (Fsp3) is 0.118. The molecule has 0 saturated heterocycles. The highest BCUT2D eigenvalue weighted by Gasteiger charge is 2.30. The van der Waals surface area contributed by atoms with Crippen LogP contribution in [0.4, 0.5) is 13.2 Å². The minimum Gasteiger partial charge on any atom is -0.454 e. The summed E-state index contributed by atoms with van der Waals surface area (Å²) in [7, 11) is 0. The van der Waals surface area contributed by atoms with Crippen LogP contribution in [-0.4, -0.2) is 9.78 Å². The number of alkyl halides is 3. The van der Waals surface area contributed by atoms with Crippen molar-refractivity contribution < 1.29 is 17.9 Å². The van der Waals surface area contributed by atoms with Gasteiger partial charge in [-0.3, -0.25) is 0 Å². The SMILES string of the molecule is Cc1cccc(Oc2cnn(-c3cccc(C(F)(F)F)c3)c2)c1. The molecule has 0 aliphatic rings. The maximum absolute atomic E-state index is 12.8. The van der Waals surface area contributed by atoms with Crippen LogP contribution in [0.1, 0.15) is 11.1 Å². The van der Waals surface area contributed by atoms with Gasteiger partial charge in [0, 0.05) is 0 Å². The van der Waals surface area contributed by atoms with Crippen LogP contribution in [0, 0.1) is 6.92 Å². The van der Waals surface area contributed by atoms with Gasteiger partial charge in [0.1, 0.15) is 5.75 Å². The summed E-state index contributed by atoms with van der Waals surface area (Å²) in [5.74, 6) is 1.10. The smallest absolute Gasteiger partial charge is 0.416 e. The van der Waals surface area contributed by atoms with Gasteiger partial charge < -0.3 is 4.74 Å². The highest BCUT2D eigenvalue weighted by Crippen LogP contribution is 2.30. The van der Waals surface area contributed by atoms with Crippen molar-refractivity contribution in [2.45, 2.75) is 13.1 Å². The molecular formula is C17H13F3N2O. The van der Waals surface area contributed by atoms with Crippen LogP contribution >= 0.6 is 0 Å². The molecule has 0 atom stereocenters. The zero-order valence-electron chi connectivity index (χ0n) is 12.2. The number of hydrogen-bond acceptors (Lipinski definition) is 2. The van der Waals surface area contributed by atoms with E-state index in [0.29, 0.717) is 17.2 Å². The Morgan fingerprint density at radius 2 is 1.78 bits per heavy atom. The molecule has 3 rings (SSSR count). The third kappa shape index (κ3) is 3.53. The van der Waals surface area contributed by atoms with E-state index in [1.807, 2.05) is 25.1 Å². The first kappa shape index (κ1) is 15.1. The molecule has 2 aromatic carbocycles. The second-order valence-electron chi connectivity index (χ2n) is 5.09. The van der Waals surface area contributed by atoms with E-state index >= 15 is 0 Å². The highest BCUT2D eigenvalue weighted by atomic mass is 19.4. The average molecular weight is 318 g/mol. The minimum atomic E-state index is -4.38. The standard InChI is InChI=1S/C17H13F3N2O/c1-12-4-2-7-15(8-12)23-16-10-21-22(11-16)14-6-3-5-13(9-14)17(18,19)20/h2-11H,1H3. The first-order valence-electron chi connectivity index (χ1n) is 6.89. The van der Waals surface area contributed by atoms with Crippen LogP contribution in [0.3, 0.4) is 0 Å². The summed E-state index contributed by atoms with van der Waals surface area (Å²) in [5, 5.41) is 4.05. The van der Waals surface area contributed by atoms with Gasteiger partial charge in [-0.15, -0.1) is 0 Å². The molecule has 0 unspecified atom stereocenters. The largest absolute Gasteiger partial charge is 0.454 e. The van der Waals surface area contributed by atoms with Crippen molar-refractivity contribution in [3.63, 3.8) is 0 Å². The first-order valence-corrected chi connectivity index (χ1v) is 6.89. The minimum absolute atomic E-state index is 0.318. The number of aromatic nitrogens is 2. The molecule has 3 aromatic rings. The van der Waals surface area contributed by atoms with Crippen molar-refractivity contribution in [1.29, 1.82) is 0 Å². The molecular weight excluding hydrogens is 305 g/mol. The number of aryl methyl sites for hydroxylation is 1. The third-order valence-electron chi connectivity index (χ3n) is 3.22. The summed E-state index contributed by atoms with van der Waals surface area (Å²) in [6, 6.07) is 12.4. The molecule has 118 valence electrons. The van der Waals surface area contributed by atoms with Gasteiger partial charge in [-0.05, 0) is 42.8 Å². The Morgan fingerprint density at radius 3 is 2.52 bits per heavy atom. The van der Waals surface area contributed by atoms with E-state index in [-0.39, 0.29) is 0 Å². The summed E-state index contributed by atoms with van der Waals surface area (Å²) in [4.78, 5) is 0. The van der Waals surface area contributed by atoms with Crippen LogP contribution in [0.25, 0.3) is 5.69 Å². The number of nitrogens with zero attached hydrogens (tertiary/aromatic N) is 2. The Hall–Kier alpha value is -2.76. The highest BCUT2D eigenvalue weighted by molar-refractivity contribution is 5.38. The monoisotopic (exact) mass is 318 g/mol. The second kappa shape index (κ2) is 5.79. The fourth-order valence-electron chi connectivity index (χ4n) is 2.14. The lowest BCUT2D eigenvalue weighted by atomic mass is 10.2. The van der Waals surface area contributed by atoms with Gasteiger partial charge in [-0.2, -0.15) is 18.3 Å². The first-order chi connectivity index (χ1) is 10.9. The quantitative estimate of drug-likeness (QED) is 0.680. The predicted octanol–water partition coefficient (Wildman–Crippen LogP) is 4.99.